The third-order valence-electron chi connectivity index (χ3n) is 4.52. The fraction of sp³-hybridized carbons (Fsp3) is 0.174. The van der Waals surface area contributed by atoms with Crippen LogP contribution < -0.4 is 10.6 Å². The third-order valence-corrected chi connectivity index (χ3v) is 4.52. The van der Waals surface area contributed by atoms with Crippen LogP contribution in [-0.2, 0) is 0 Å². The molecule has 3 heterocycles. The van der Waals surface area contributed by atoms with Crippen LogP contribution in [0.1, 0.15) is 11.4 Å². The van der Waals surface area contributed by atoms with Gasteiger partial charge in [0.15, 0.2) is 17.4 Å². The maximum absolute atomic E-state index is 13.1. The lowest BCUT2D eigenvalue weighted by molar-refractivity contribution is 0.425. The molecule has 4 aromatic rings. The minimum atomic E-state index is -0.273. The van der Waals surface area contributed by atoms with Gasteiger partial charge in [0, 0.05) is 25.2 Å². The average molecular weight is 433 g/mol. The van der Waals surface area contributed by atoms with E-state index in [1.165, 1.54) is 12.1 Å². The molecule has 0 radical (unpaired) electrons. The summed E-state index contributed by atoms with van der Waals surface area (Å²) >= 11 is 0. The van der Waals surface area contributed by atoms with Gasteiger partial charge in [-0.2, -0.15) is 5.10 Å². The van der Waals surface area contributed by atoms with Gasteiger partial charge in [-0.3, -0.25) is 5.10 Å². The minimum Gasteiger partial charge on any atom is -0.463 e. The van der Waals surface area contributed by atoms with Gasteiger partial charge in [-0.15, -0.1) is 0 Å². The predicted molar refractivity (Wildman–Crippen MR) is 124 cm³/mol. The number of anilines is 3. The third kappa shape index (κ3) is 5.79. The Hall–Kier alpha value is -3.98. The molecular weight excluding hydrogens is 409 g/mol. The second-order valence-electron chi connectivity index (χ2n) is 7.38. The highest BCUT2D eigenvalue weighted by Crippen LogP contribution is 2.23. The quantitative estimate of drug-likeness (QED) is 0.358. The van der Waals surface area contributed by atoms with Crippen molar-refractivity contribution in [3.05, 3.63) is 72.0 Å². The van der Waals surface area contributed by atoms with Crippen molar-refractivity contribution in [2.24, 2.45) is 0 Å². The monoisotopic (exact) mass is 433 g/mol. The molecule has 0 unspecified atom stereocenters. The fourth-order valence-corrected chi connectivity index (χ4v) is 2.92. The summed E-state index contributed by atoms with van der Waals surface area (Å²) in [5, 5.41) is 13.7. The molecule has 0 spiro atoms. The summed E-state index contributed by atoms with van der Waals surface area (Å²) in [5.41, 5.74) is 1.61. The summed E-state index contributed by atoms with van der Waals surface area (Å²) in [6.45, 7) is 1.59. The number of benzene rings is 1. The highest BCUT2D eigenvalue weighted by atomic mass is 19.1. The molecule has 0 amide bonds. The highest BCUT2D eigenvalue weighted by Gasteiger charge is 2.09. The van der Waals surface area contributed by atoms with Gasteiger partial charge in [-0.1, -0.05) is 18.2 Å². The number of hydrogen-bond donors (Lipinski definition) is 3. The van der Waals surface area contributed by atoms with Crippen LogP contribution >= 0.6 is 0 Å². The zero-order valence-electron chi connectivity index (χ0n) is 17.8. The van der Waals surface area contributed by atoms with E-state index in [2.05, 4.69) is 35.7 Å². The summed E-state index contributed by atoms with van der Waals surface area (Å²) in [4.78, 5) is 11.2. The van der Waals surface area contributed by atoms with E-state index in [0.29, 0.717) is 29.0 Å². The molecule has 1 aromatic carbocycles. The molecule has 0 bridgehead atoms. The standard InChI is InChI=1S/C23H24FN7O/c1-31(2)12-11-25-21-15-22(28-23-14-18(29-30-23)19-4-3-13-32-19)27-20(26-21)10-7-16-5-8-17(24)9-6-16/h3-10,13-15H,11-12H2,1-2H3,(H3,25,26,27,28,29,30)/b10-7+. The van der Waals surface area contributed by atoms with Crippen LogP contribution in [0.25, 0.3) is 23.6 Å². The molecular formula is C23H24FN7O. The molecule has 8 nitrogen and oxygen atoms in total. The van der Waals surface area contributed by atoms with Crippen molar-refractivity contribution in [2.45, 2.75) is 0 Å². The second-order valence-corrected chi connectivity index (χ2v) is 7.38. The number of furan rings is 1. The van der Waals surface area contributed by atoms with Gasteiger partial charge < -0.3 is 20.0 Å². The lowest BCUT2D eigenvalue weighted by Crippen LogP contribution is -2.21. The van der Waals surface area contributed by atoms with E-state index in [1.54, 1.807) is 24.5 Å². The lowest BCUT2D eigenvalue weighted by atomic mass is 10.2. The van der Waals surface area contributed by atoms with Gasteiger partial charge in [0.1, 0.15) is 23.1 Å². The number of halogens is 1. The van der Waals surface area contributed by atoms with Crippen LogP contribution in [0.2, 0.25) is 0 Å². The first-order valence-corrected chi connectivity index (χ1v) is 10.1. The van der Waals surface area contributed by atoms with Crippen LogP contribution in [-0.4, -0.2) is 52.3 Å². The van der Waals surface area contributed by atoms with Crippen molar-refractivity contribution >= 4 is 29.6 Å². The van der Waals surface area contributed by atoms with E-state index in [4.69, 9.17) is 4.42 Å². The molecule has 164 valence electrons. The van der Waals surface area contributed by atoms with E-state index >= 15 is 0 Å². The first kappa shape index (κ1) is 21.3. The van der Waals surface area contributed by atoms with Crippen LogP contribution in [0.5, 0.6) is 0 Å². The highest BCUT2D eigenvalue weighted by molar-refractivity contribution is 5.69. The van der Waals surface area contributed by atoms with Gasteiger partial charge in [0.05, 0.1) is 6.26 Å². The molecule has 32 heavy (non-hydrogen) atoms. The lowest BCUT2D eigenvalue weighted by Gasteiger charge is -2.12. The van der Waals surface area contributed by atoms with Crippen molar-refractivity contribution in [3.8, 4) is 11.5 Å². The van der Waals surface area contributed by atoms with Gasteiger partial charge in [-0.25, -0.2) is 14.4 Å². The Morgan fingerprint density at radius 2 is 1.84 bits per heavy atom. The number of H-pyrrole nitrogens is 1. The van der Waals surface area contributed by atoms with Gasteiger partial charge in [0.2, 0.25) is 0 Å². The SMILES string of the molecule is CN(C)CCNc1cc(Nc2cc(-c3ccco3)[nH]n2)nc(/C=C/c2ccc(F)cc2)n1. The van der Waals surface area contributed by atoms with Crippen LogP contribution in [0.15, 0.2) is 59.2 Å². The van der Waals surface area contributed by atoms with E-state index in [-0.39, 0.29) is 5.82 Å². The molecule has 3 N–H and O–H groups in total. The average Bonchev–Trinajstić information content (AvgIpc) is 3.45. The maximum atomic E-state index is 13.1. The largest absolute Gasteiger partial charge is 0.463 e. The first-order valence-electron chi connectivity index (χ1n) is 10.1. The van der Waals surface area contributed by atoms with Crippen molar-refractivity contribution in [1.29, 1.82) is 0 Å². The zero-order valence-corrected chi connectivity index (χ0v) is 17.8. The van der Waals surface area contributed by atoms with E-state index in [1.807, 2.05) is 44.4 Å². The molecule has 3 aromatic heterocycles. The molecule has 9 heteroatoms. The summed E-state index contributed by atoms with van der Waals surface area (Å²) in [5.74, 6) is 2.80. The van der Waals surface area contributed by atoms with Crippen molar-refractivity contribution in [1.82, 2.24) is 25.1 Å². The van der Waals surface area contributed by atoms with E-state index in [0.717, 1.165) is 24.3 Å². The Balaban J connectivity index is 1.55. The van der Waals surface area contributed by atoms with Crippen LogP contribution in [0.4, 0.5) is 21.8 Å². The minimum absolute atomic E-state index is 0.273. The number of nitrogens with zero attached hydrogens (tertiary/aromatic N) is 4. The molecule has 0 saturated heterocycles. The van der Waals surface area contributed by atoms with Crippen molar-refractivity contribution < 1.29 is 8.81 Å². The normalized spacial score (nSPS) is 11.4. The topological polar surface area (TPSA) is 94.9 Å². The summed E-state index contributed by atoms with van der Waals surface area (Å²) in [7, 11) is 4.03. The van der Waals surface area contributed by atoms with Crippen molar-refractivity contribution in [2.75, 3.05) is 37.8 Å². The molecule has 0 fully saturated rings. The number of hydrogen-bond acceptors (Lipinski definition) is 7. The van der Waals surface area contributed by atoms with E-state index in [9.17, 15) is 4.39 Å². The Kier molecular flexibility index (Phi) is 6.57. The molecule has 0 aliphatic carbocycles. The smallest absolute Gasteiger partial charge is 0.156 e. The first-order chi connectivity index (χ1) is 15.5. The molecule has 0 aliphatic heterocycles. The second kappa shape index (κ2) is 9.88. The number of aromatic amines is 1. The molecule has 4 rings (SSSR count). The van der Waals surface area contributed by atoms with Gasteiger partial charge in [-0.05, 0) is 50.0 Å². The zero-order chi connectivity index (χ0) is 22.3. The number of likely N-dealkylation sites (N-methyl/N-ethyl adjacent to an activating group) is 1. The molecule has 0 saturated carbocycles. The Labute approximate surface area is 185 Å². The predicted octanol–water partition coefficient (Wildman–Crippen LogP) is 4.49. The molecule has 0 aliphatic rings. The van der Waals surface area contributed by atoms with Gasteiger partial charge >= 0.3 is 0 Å². The summed E-state index contributed by atoms with van der Waals surface area (Å²) in [6.07, 6.45) is 5.24. The number of nitrogens with one attached hydrogen (secondary N) is 3. The van der Waals surface area contributed by atoms with Gasteiger partial charge in [0.25, 0.3) is 0 Å². The summed E-state index contributed by atoms with van der Waals surface area (Å²) in [6, 6.07) is 13.6. The fourth-order valence-electron chi connectivity index (χ4n) is 2.92. The molecule has 0 atom stereocenters. The summed E-state index contributed by atoms with van der Waals surface area (Å²) < 4.78 is 18.5. The van der Waals surface area contributed by atoms with Crippen LogP contribution in [0, 0.1) is 5.82 Å². The Bertz CT molecular complexity index is 1170. The number of rotatable bonds is 9. The maximum Gasteiger partial charge on any atom is 0.156 e. The van der Waals surface area contributed by atoms with Crippen LogP contribution in [0.3, 0.4) is 0 Å². The van der Waals surface area contributed by atoms with E-state index < -0.39 is 0 Å². The van der Waals surface area contributed by atoms with Crippen molar-refractivity contribution in [3.63, 3.8) is 0 Å². The Morgan fingerprint density at radius 3 is 2.59 bits per heavy atom. The Morgan fingerprint density at radius 1 is 1.03 bits per heavy atom. The number of aromatic nitrogens is 4.